The fraction of sp³-hybridized carbons (Fsp3) is 0.211. The number of phenolic OH excluding ortho intramolecular Hbond substituents is 1. The van der Waals surface area contributed by atoms with E-state index < -0.39 is 5.91 Å². The Labute approximate surface area is 146 Å². The molecule has 0 radical (unpaired) electrons. The van der Waals surface area contributed by atoms with Crippen LogP contribution in [0, 0.1) is 0 Å². The van der Waals surface area contributed by atoms with Crippen LogP contribution >= 0.6 is 0 Å². The lowest BCUT2D eigenvalue weighted by molar-refractivity contribution is -0.115. The fourth-order valence-corrected chi connectivity index (χ4v) is 2.29. The Morgan fingerprint density at radius 1 is 1.08 bits per heavy atom. The Morgan fingerprint density at radius 2 is 1.76 bits per heavy atom. The van der Waals surface area contributed by atoms with E-state index in [1.807, 2.05) is 31.2 Å². The first-order valence-electron chi connectivity index (χ1n) is 8.00. The molecule has 0 heterocycles. The molecule has 130 valence electrons. The highest BCUT2D eigenvalue weighted by Crippen LogP contribution is 2.16. The average molecular weight is 339 g/mol. The van der Waals surface area contributed by atoms with Crippen molar-refractivity contribution in [2.75, 3.05) is 5.32 Å². The van der Waals surface area contributed by atoms with Crippen molar-refractivity contribution in [2.24, 2.45) is 5.10 Å². The molecule has 0 saturated heterocycles. The smallest absolute Gasteiger partial charge is 0.275 e. The van der Waals surface area contributed by atoms with Gasteiger partial charge in [-0.25, -0.2) is 5.43 Å². The number of hydrogen-bond donors (Lipinski definition) is 3. The number of phenols is 1. The van der Waals surface area contributed by atoms with Crippen molar-refractivity contribution in [3.05, 3.63) is 59.7 Å². The number of carbonyl (C=O) groups excluding carboxylic acids is 2. The van der Waals surface area contributed by atoms with Gasteiger partial charge >= 0.3 is 0 Å². The summed E-state index contributed by atoms with van der Waals surface area (Å²) < 4.78 is 0. The molecule has 2 amide bonds. The Balaban J connectivity index is 1.93. The number of rotatable bonds is 6. The number of hydrazone groups is 1. The maximum absolute atomic E-state index is 12.1. The first-order valence-corrected chi connectivity index (χ1v) is 8.00. The van der Waals surface area contributed by atoms with Crippen molar-refractivity contribution in [1.29, 1.82) is 0 Å². The highest BCUT2D eigenvalue weighted by atomic mass is 16.3. The molecule has 0 saturated carbocycles. The molecule has 2 aromatic rings. The Kier molecular flexibility index (Phi) is 6.28. The standard InChI is InChI=1S/C19H21N3O3/c1-3-14-8-4-6-10-16(14)20-18(24)12-13(2)21-22-19(25)15-9-5-7-11-17(15)23/h4-11,23H,3,12H2,1-2H3,(H,20,24)(H,22,25)/b21-13+. The number of nitrogens with one attached hydrogen (secondary N) is 2. The van der Waals surface area contributed by atoms with Gasteiger partial charge in [-0.1, -0.05) is 37.3 Å². The molecule has 0 aliphatic carbocycles. The molecule has 6 heteroatoms. The van der Waals surface area contributed by atoms with Crippen LogP contribution in [-0.2, 0) is 11.2 Å². The maximum Gasteiger partial charge on any atom is 0.275 e. The molecule has 0 unspecified atom stereocenters. The largest absolute Gasteiger partial charge is 0.507 e. The number of aryl methyl sites for hydroxylation is 1. The van der Waals surface area contributed by atoms with E-state index in [1.165, 1.54) is 12.1 Å². The summed E-state index contributed by atoms with van der Waals surface area (Å²) in [4.78, 5) is 24.1. The monoisotopic (exact) mass is 339 g/mol. The van der Waals surface area contributed by atoms with Gasteiger partial charge < -0.3 is 10.4 Å². The van der Waals surface area contributed by atoms with Crippen molar-refractivity contribution < 1.29 is 14.7 Å². The molecule has 2 aromatic carbocycles. The summed E-state index contributed by atoms with van der Waals surface area (Å²) in [6, 6.07) is 13.8. The molecular formula is C19H21N3O3. The fourth-order valence-electron chi connectivity index (χ4n) is 2.29. The second kappa shape index (κ2) is 8.63. The molecular weight excluding hydrogens is 318 g/mol. The Hall–Kier alpha value is -3.15. The Morgan fingerprint density at radius 3 is 2.48 bits per heavy atom. The SMILES string of the molecule is CCc1ccccc1NC(=O)C/C(C)=N/NC(=O)c1ccccc1O. The van der Waals surface area contributed by atoms with Gasteiger partial charge in [0.05, 0.1) is 12.0 Å². The second-order valence-corrected chi connectivity index (χ2v) is 5.54. The summed E-state index contributed by atoms with van der Waals surface area (Å²) in [5.74, 6) is -0.866. The summed E-state index contributed by atoms with van der Waals surface area (Å²) in [7, 11) is 0. The van der Waals surface area contributed by atoms with Gasteiger partial charge in [0.15, 0.2) is 0 Å². The number of hydrogen-bond acceptors (Lipinski definition) is 4. The number of anilines is 1. The predicted molar refractivity (Wildman–Crippen MR) is 97.7 cm³/mol. The van der Waals surface area contributed by atoms with Gasteiger partial charge in [-0.05, 0) is 37.1 Å². The molecule has 25 heavy (non-hydrogen) atoms. The molecule has 0 aromatic heterocycles. The van der Waals surface area contributed by atoms with Crippen LogP contribution in [0.2, 0.25) is 0 Å². The van der Waals surface area contributed by atoms with Gasteiger partial charge in [0, 0.05) is 11.4 Å². The van der Waals surface area contributed by atoms with Crippen LogP contribution in [0.15, 0.2) is 53.6 Å². The summed E-state index contributed by atoms with van der Waals surface area (Å²) in [5.41, 5.74) is 4.75. The van der Waals surface area contributed by atoms with Crippen LogP contribution in [0.5, 0.6) is 5.75 Å². The third-order valence-corrected chi connectivity index (χ3v) is 3.59. The number of para-hydroxylation sites is 2. The average Bonchev–Trinajstić information content (AvgIpc) is 2.60. The van der Waals surface area contributed by atoms with Crippen molar-refractivity contribution in [2.45, 2.75) is 26.7 Å². The third kappa shape index (κ3) is 5.17. The van der Waals surface area contributed by atoms with Crippen LogP contribution in [0.4, 0.5) is 5.69 Å². The molecule has 0 fully saturated rings. The predicted octanol–water partition coefficient (Wildman–Crippen LogP) is 3.09. The minimum atomic E-state index is -0.533. The minimum Gasteiger partial charge on any atom is -0.507 e. The van der Waals surface area contributed by atoms with Crippen LogP contribution in [0.25, 0.3) is 0 Å². The van der Waals surface area contributed by atoms with E-state index in [-0.39, 0.29) is 23.6 Å². The molecule has 0 aliphatic rings. The van der Waals surface area contributed by atoms with Crippen LogP contribution < -0.4 is 10.7 Å². The normalized spacial score (nSPS) is 11.0. The van der Waals surface area contributed by atoms with E-state index in [4.69, 9.17) is 0 Å². The van der Waals surface area contributed by atoms with Gasteiger partial charge in [0.1, 0.15) is 5.75 Å². The van der Waals surface area contributed by atoms with E-state index in [0.29, 0.717) is 5.71 Å². The number of aromatic hydroxyl groups is 1. The number of amides is 2. The molecule has 0 aliphatic heterocycles. The van der Waals surface area contributed by atoms with Crippen molar-refractivity contribution in [3.63, 3.8) is 0 Å². The van der Waals surface area contributed by atoms with E-state index in [0.717, 1.165) is 17.7 Å². The summed E-state index contributed by atoms with van der Waals surface area (Å²) in [6.45, 7) is 3.67. The molecule has 0 spiro atoms. The summed E-state index contributed by atoms with van der Waals surface area (Å²) in [5, 5.41) is 16.4. The van der Waals surface area contributed by atoms with E-state index >= 15 is 0 Å². The molecule has 2 rings (SSSR count). The van der Waals surface area contributed by atoms with Crippen LogP contribution in [0.1, 0.15) is 36.2 Å². The van der Waals surface area contributed by atoms with Crippen molar-refractivity contribution >= 4 is 23.2 Å². The highest BCUT2D eigenvalue weighted by molar-refractivity contribution is 6.06. The zero-order chi connectivity index (χ0) is 18.2. The number of nitrogens with zero attached hydrogens (tertiary/aromatic N) is 1. The summed E-state index contributed by atoms with van der Waals surface area (Å²) >= 11 is 0. The highest BCUT2D eigenvalue weighted by Gasteiger charge is 2.10. The Bertz CT molecular complexity index is 800. The van der Waals surface area contributed by atoms with Crippen LogP contribution in [0.3, 0.4) is 0 Å². The lowest BCUT2D eigenvalue weighted by atomic mass is 10.1. The number of carbonyl (C=O) groups is 2. The number of benzene rings is 2. The molecule has 0 atom stereocenters. The van der Waals surface area contributed by atoms with Gasteiger partial charge in [0.2, 0.25) is 5.91 Å². The zero-order valence-corrected chi connectivity index (χ0v) is 14.2. The maximum atomic E-state index is 12.1. The van der Waals surface area contributed by atoms with Gasteiger partial charge in [-0.15, -0.1) is 0 Å². The van der Waals surface area contributed by atoms with Gasteiger partial charge in [0.25, 0.3) is 5.91 Å². The zero-order valence-electron chi connectivity index (χ0n) is 14.2. The van der Waals surface area contributed by atoms with Gasteiger partial charge in [-0.2, -0.15) is 5.10 Å². The quantitative estimate of drug-likeness (QED) is 0.558. The second-order valence-electron chi connectivity index (χ2n) is 5.54. The van der Waals surface area contributed by atoms with Crippen molar-refractivity contribution in [1.82, 2.24) is 5.43 Å². The van der Waals surface area contributed by atoms with Crippen LogP contribution in [-0.4, -0.2) is 22.6 Å². The molecule has 6 nitrogen and oxygen atoms in total. The van der Waals surface area contributed by atoms with E-state index in [2.05, 4.69) is 15.8 Å². The first-order chi connectivity index (χ1) is 12.0. The lowest BCUT2D eigenvalue weighted by Gasteiger charge is -2.09. The summed E-state index contributed by atoms with van der Waals surface area (Å²) in [6.07, 6.45) is 0.874. The van der Waals surface area contributed by atoms with Crippen molar-refractivity contribution in [3.8, 4) is 5.75 Å². The lowest BCUT2D eigenvalue weighted by Crippen LogP contribution is -2.21. The van der Waals surface area contributed by atoms with E-state index in [1.54, 1.807) is 19.1 Å². The molecule has 0 bridgehead atoms. The minimum absolute atomic E-state index is 0.0547. The first kappa shape index (κ1) is 18.2. The molecule has 3 N–H and O–H groups in total. The third-order valence-electron chi connectivity index (χ3n) is 3.59. The van der Waals surface area contributed by atoms with Gasteiger partial charge in [-0.3, -0.25) is 9.59 Å². The topological polar surface area (TPSA) is 90.8 Å². The van der Waals surface area contributed by atoms with E-state index in [9.17, 15) is 14.7 Å².